The minimum Gasteiger partial charge on any atom is -0.398 e. The van der Waals surface area contributed by atoms with Crippen molar-refractivity contribution in [2.75, 3.05) is 5.73 Å². The van der Waals surface area contributed by atoms with E-state index in [4.69, 9.17) is 5.73 Å². The number of ketones is 1. The number of carbonyl (C=O) groups is 1. The number of benzene rings is 5. The molecule has 0 bridgehead atoms. The Hall–Kier alpha value is -4.16. The lowest BCUT2D eigenvalue weighted by Crippen LogP contribution is -2.10. The first-order valence-corrected chi connectivity index (χ1v) is 12.6. The molecule has 0 spiro atoms. The van der Waals surface area contributed by atoms with E-state index < -0.39 is 11.7 Å². The summed E-state index contributed by atoms with van der Waals surface area (Å²) in [7, 11) is 0. The summed E-state index contributed by atoms with van der Waals surface area (Å²) >= 11 is 3.46. The third kappa shape index (κ3) is 5.00. The summed E-state index contributed by atoms with van der Waals surface area (Å²) in [6.07, 6.45) is -4.47. The van der Waals surface area contributed by atoms with Gasteiger partial charge in [0.05, 0.1) is 16.8 Å². The van der Waals surface area contributed by atoms with Crippen molar-refractivity contribution in [1.82, 2.24) is 0 Å². The molecule has 0 aliphatic heterocycles. The topological polar surface area (TPSA) is 43.1 Å². The lowest BCUT2D eigenvalue weighted by Gasteiger charge is -2.21. The van der Waals surface area contributed by atoms with Gasteiger partial charge in [-0.1, -0.05) is 101 Å². The van der Waals surface area contributed by atoms with Crippen LogP contribution in [0.3, 0.4) is 0 Å². The maximum Gasteiger partial charge on any atom is 0.416 e. The number of hydrogen-bond donors (Lipinski definition) is 1. The van der Waals surface area contributed by atoms with E-state index in [1.807, 2.05) is 66.7 Å². The van der Waals surface area contributed by atoms with Gasteiger partial charge >= 0.3 is 6.18 Å². The highest BCUT2D eigenvalue weighted by atomic mass is 79.9. The number of anilines is 1. The van der Waals surface area contributed by atoms with Crippen LogP contribution in [-0.4, -0.2) is 5.78 Å². The molecule has 0 fully saturated rings. The zero-order chi connectivity index (χ0) is 26.9. The molecule has 2 nitrogen and oxygen atoms in total. The molecule has 188 valence electrons. The molecule has 0 aromatic heterocycles. The van der Waals surface area contributed by atoms with Crippen molar-refractivity contribution in [3.8, 4) is 33.4 Å². The van der Waals surface area contributed by atoms with Crippen molar-refractivity contribution in [2.45, 2.75) is 6.18 Å². The highest BCUT2D eigenvalue weighted by Gasteiger charge is 2.31. The van der Waals surface area contributed by atoms with E-state index in [0.29, 0.717) is 33.4 Å². The van der Waals surface area contributed by atoms with E-state index in [1.165, 1.54) is 12.1 Å². The Balaban J connectivity index is 1.84. The summed E-state index contributed by atoms with van der Waals surface area (Å²) in [5.41, 5.74) is 11.0. The molecule has 2 N–H and O–H groups in total. The first-order chi connectivity index (χ1) is 18.2. The number of alkyl halides is 3. The molecule has 0 unspecified atom stereocenters. The first kappa shape index (κ1) is 25.5. The van der Waals surface area contributed by atoms with Crippen LogP contribution in [0.5, 0.6) is 0 Å². The summed E-state index contributed by atoms with van der Waals surface area (Å²) in [4.78, 5) is 13.9. The van der Waals surface area contributed by atoms with E-state index in [9.17, 15) is 18.0 Å². The number of hydrogen-bond acceptors (Lipinski definition) is 2. The highest BCUT2D eigenvalue weighted by Crippen LogP contribution is 2.44. The Morgan fingerprint density at radius 2 is 1.18 bits per heavy atom. The zero-order valence-corrected chi connectivity index (χ0v) is 21.6. The van der Waals surface area contributed by atoms with Gasteiger partial charge in [0.2, 0.25) is 0 Å². The fourth-order valence-corrected chi connectivity index (χ4v) is 4.79. The van der Waals surface area contributed by atoms with Crippen molar-refractivity contribution >= 4 is 27.4 Å². The fourth-order valence-electron chi connectivity index (χ4n) is 4.52. The molecule has 0 saturated heterocycles. The molecule has 0 aliphatic carbocycles. The molecule has 5 aromatic carbocycles. The summed E-state index contributed by atoms with van der Waals surface area (Å²) in [6.45, 7) is 0. The normalized spacial score (nSPS) is 11.4. The molecular formula is C32H21BrF3NO. The first-order valence-electron chi connectivity index (χ1n) is 11.8. The SMILES string of the molecule is Nc1c(C(=O)c2ccccc2)c(-c2ccc(Br)cc2)cc(-c2ccccc2)c1-c1ccc(C(F)(F)F)cc1. The van der Waals surface area contributed by atoms with Gasteiger partial charge in [0.25, 0.3) is 0 Å². The minimum absolute atomic E-state index is 0.206. The number of rotatable bonds is 5. The standard InChI is InChI=1S/C32H21BrF3NO/c33-25-17-13-21(14-18-25)27-19-26(20-7-3-1-4-8-20)28(22-11-15-24(16-12-22)32(34,35)36)30(37)29(27)31(38)23-9-5-2-6-10-23/h1-19H,37H2. The quantitative estimate of drug-likeness (QED) is 0.169. The maximum absolute atomic E-state index is 13.9. The summed E-state index contributed by atoms with van der Waals surface area (Å²) in [5, 5.41) is 0. The largest absolute Gasteiger partial charge is 0.416 e. The van der Waals surface area contributed by atoms with Crippen LogP contribution in [0.2, 0.25) is 0 Å². The van der Waals surface area contributed by atoms with E-state index >= 15 is 0 Å². The van der Waals surface area contributed by atoms with Gasteiger partial charge in [0.1, 0.15) is 0 Å². The van der Waals surface area contributed by atoms with Gasteiger partial charge in [-0.15, -0.1) is 0 Å². The molecule has 0 amide bonds. The van der Waals surface area contributed by atoms with E-state index in [1.54, 1.807) is 24.3 Å². The van der Waals surface area contributed by atoms with E-state index in [0.717, 1.165) is 27.7 Å². The monoisotopic (exact) mass is 571 g/mol. The second-order valence-corrected chi connectivity index (χ2v) is 9.69. The van der Waals surface area contributed by atoms with Gasteiger partial charge < -0.3 is 5.73 Å². The number of carbonyl (C=O) groups excluding carboxylic acids is 1. The second-order valence-electron chi connectivity index (χ2n) is 8.78. The fraction of sp³-hybridized carbons (Fsp3) is 0.0312. The maximum atomic E-state index is 13.9. The number of nitrogens with two attached hydrogens (primary N) is 1. The Kier molecular flexibility index (Phi) is 6.91. The van der Waals surface area contributed by atoms with Crippen LogP contribution >= 0.6 is 15.9 Å². The van der Waals surface area contributed by atoms with Crippen molar-refractivity contribution in [3.05, 3.63) is 136 Å². The van der Waals surface area contributed by atoms with Crippen LogP contribution in [0.15, 0.2) is 120 Å². The van der Waals surface area contributed by atoms with Crippen LogP contribution in [0.4, 0.5) is 18.9 Å². The molecule has 0 heterocycles. The predicted octanol–water partition coefficient (Wildman–Crippen LogP) is 9.28. The summed E-state index contributed by atoms with van der Waals surface area (Å²) in [5.74, 6) is -0.270. The van der Waals surface area contributed by atoms with Gasteiger partial charge in [-0.05, 0) is 58.1 Å². The highest BCUT2D eigenvalue weighted by molar-refractivity contribution is 9.10. The van der Waals surface area contributed by atoms with Crippen molar-refractivity contribution in [1.29, 1.82) is 0 Å². The smallest absolute Gasteiger partial charge is 0.398 e. The molecule has 6 heteroatoms. The minimum atomic E-state index is -4.47. The average Bonchev–Trinajstić information content (AvgIpc) is 2.93. The van der Waals surface area contributed by atoms with Crippen LogP contribution in [0.25, 0.3) is 33.4 Å². The number of halogens is 4. The average molecular weight is 572 g/mol. The Labute approximate surface area is 226 Å². The molecular weight excluding hydrogens is 551 g/mol. The molecule has 0 aliphatic rings. The Morgan fingerprint density at radius 1 is 0.658 bits per heavy atom. The summed E-state index contributed by atoms with van der Waals surface area (Å²) in [6, 6.07) is 32.6. The van der Waals surface area contributed by atoms with Crippen molar-refractivity contribution < 1.29 is 18.0 Å². The molecule has 0 saturated carbocycles. The molecule has 0 radical (unpaired) electrons. The molecule has 5 rings (SSSR count). The van der Waals surface area contributed by atoms with Crippen LogP contribution in [-0.2, 0) is 6.18 Å². The van der Waals surface area contributed by atoms with Crippen molar-refractivity contribution in [3.63, 3.8) is 0 Å². The Bertz CT molecular complexity index is 1600. The van der Waals surface area contributed by atoms with Gasteiger partial charge in [-0.2, -0.15) is 13.2 Å². The van der Waals surface area contributed by atoms with Crippen molar-refractivity contribution in [2.24, 2.45) is 0 Å². The molecule has 5 aromatic rings. The second kappa shape index (κ2) is 10.3. The Morgan fingerprint density at radius 3 is 1.76 bits per heavy atom. The van der Waals surface area contributed by atoms with Gasteiger partial charge in [0, 0.05) is 15.6 Å². The third-order valence-electron chi connectivity index (χ3n) is 6.37. The zero-order valence-electron chi connectivity index (χ0n) is 20.0. The lowest BCUT2D eigenvalue weighted by atomic mass is 9.83. The van der Waals surface area contributed by atoms with Gasteiger partial charge in [0.15, 0.2) is 5.78 Å². The van der Waals surface area contributed by atoms with Crippen LogP contribution in [0.1, 0.15) is 21.5 Å². The van der Waals surface area contributed by atoms with Crippen LogP contribution in [0, 0.1) is 0 Å². The van der Waals surface area contributed by atoms with Gasteiger partial charge in [-0.25, -0.2) is 0 Å². The van der Waals surface area contributed by atoms with Crippen LogP contribution < -0.4 is 5.73 Å². The van der Waals surface area contributed by atoms with Gasteiger partial charge in [-0.3, -0.25) is 4.79 Å². The third-order valence-corrected chi connectivity index (χ3v) is 6.90. The molecule has 0 atom stereocenters. The summed E-state index contributed by atoms with van der Waals surface area (Å²) < 4.78 is 40.8. The van der Waals surface area contributed by atoms with E-state index in [-0.39, 0.29) is 11.5 Å². The predicted molar refractivity (Wildman–Crippen MR) is 150 cm³/mol. The molecule has 38 heavy (non-hydrogen) atoms. The lowest BCUT2D eigenvalue weighted by molar-refractivity contribution is -0.137. The van der Waals surface area contributed by atoms with E-state index in [2.05, 4.69) is 15.9 Å². The number of nitrogen functional groups attached to an aromatic ring is 1.